The molecule has 180 valence electrons. The zero-order chi connectivity index (χ0) is 24.7. The van der Waals surface area contributed by atoms with Gasteiger partial charge in [-0.3, -0.25) is 4.40 Å². The summed E-state index contributed by atoms with van der Waals surface area (Å²) in [4.78, 5) is 13.5. The topological polar surface area (TPSA) is 55.1 Å². The van der Waals surface area contributed by atoms with Gasteiger partial charge in [0.1, 0.15) is 11.5 Å². The minimum absolute atomic E-state index is 0.00777. The van der Waals surface area contributed by atoms with Crippen LogP contribution in [0, 0.1) is 13.8 Å². The Kier molecular flexibility index (Phi) is 5.63. The maximum absolute atomic E-state index is 6.32. The fourth-order valence-electron chi connectivity index (χ4n) is 4.05. The van der Waals surface area contributed by atoms with Gasteiger partial charge < -0.3 is 19.3 Å². The minimum atomic E-state index is -0.00777. The third-order valence-corrected chi connectivity index (χ3v) is 6.21. The predicted octanol–water partition coefficient (Wildman–Crippen LogP) is 6.41. The molecule has 5 rings (SSSR count). The molecule has 0 radical (unpaired) electrons. The number of ether oxygens (including phenoxy) is 2. The molecule has 1 aliphatic rings. The van der Waals surface area contributed by atoms with Crippen LogP contribution in [0.1, 0.15) is 37.7 Å². The summed E-state index contributed by atoms with van der Waals surface area (Å²) in [7, 11) is 2.05. The molecule has 0 fully saturated rings. The largest absolute Gasteiger partial charge is 0.456 e. The maximum Gasteiger partial charge on any atom is 0.219 e. The summed E-state index contributed by atoms with van der Waals surface area (Å²) in [5, 5.41) is 0. The Morgan fingerprint density at radius 2 is 1.77 bits per heavy atom. The second-order valence-electron chi connectivity index (χ2n) is 10.0. The minimum Gasteiger partial charge on any atom is -0.456 e. The van der Waals surface area contributed by atoms with Gasteiger partial charge in [0, 0.05) is 55.2 Å². The van der Waals surface area contributed by atoms with Crippen molar-refractivity contribution in [3.63, 3.8) is 0 Å². The molecule has 0 aliphatic carbocycles. The number of aromatic nitrogens is 3. The molecule has 4 aromatic rings. The average Bonchev–Trinajstić information content (AvgIpc) is 3.37. The number of hydrogen-bond acceptors (Lipinski definition) is 6. The van der Waals surface area contributed by atoms with Crippen molar-refractivity contribution in [2.75, 3.05) is 18.6 Å². The van der Waals surface area contributed by atoms with Gasteiger partial charge in [-0.2, -0.15) is 0 Å². The first-order chi connectivity index (χ1) is 16.7. The van der Waals surface area contributed by atoms with Gasteiger partial charge in [0.25, 0.3) is 0 Å². The summed E-state index contributed by atoms with van der Waals surface area (Å²) in [6.45, 7) is 11.4. The van der Waals surface area contributed by atoms with Crippen LogP contribution < -0.4 is 14.4 Å². The lowest BCUT2D eigenvalue weighted by Gasteiger charge is -2.19. The lowest BCUT2D eigenvalue weighted by Crippen LogP contribution is -2.21. The normalized spacial score (nSPS) is 13.7. The van der Waals surface area contributed by atoms with Gasteiger partial charge in [-0.25, -0.2) is 9.97 Å². The molecule has 0 bridgehead atoms. The average molecular weight is 470 g/mol. The number of hydrogen-bond donors (Lipinski definition) is 0. The van der Waals surface area contributed by atoms with E-state index in [1.165, 1.54) is 0 Å². The molecule has 0 saturated heterocycles. The first kappa shape index (κ1) is 22.8. The van der Waals surface area contributed by atoms with E-state index < -0.39 is 0 Å². The van der Waals surface area contributed by atoms with Crippen molar-refractivity contribution in [2.45, 2.75) is 40.0 Å². The van der Waals surface area contributed by atoms with Gasteiger partial charge >= 0.3 is 0 Å². The van der Waals surface area contributed by atoms with Crippen molar-refractivity contribution in [3.05, 3.63) is 84.2 Å². The molecule has 4 heterocycles. The van der Waals surface area contributed by atoms with Gasteiger partial charge in [-0.15, -0.1) is 0 Å². The quantitative estimate of drug-likeness (QED) is 0.337. The summed E-state index contributed by atoms with van der Waals surface area (Å²) < 4.78 is 14.6. The van der Waals surface area contributed by atoms with Gasteiger partial charge in [0.2, 0.25) is 5.88 Å². The van der Waals surface area contributed by atoms with Crippen molar-refractivity contribution in [2.24, 2.45) is 0 Å². The molecule has 0 unspecified atom stereocenters. The number of imidazole rings is 1. The van der Waals surface area contributed by atoms with Crippen LogP contribution in [0.15, 0.2) is 67.3 Å². The van der Waals surface area contributed by atoms with Crippen LogP contribution >= 0.6 is 0 Å². The van der Waals surface area contributed by atoms with Crippen LogP contribution in [0.3, 0.4) is 0 Å². The van der Waals surface area contributed by atoms with Crippen LogP contribution in [0.5, 0.6) is 23.1 Å². The molecular weight excluding hydrogens is 438 g/mol. The Labute approximate surface area is 206 Å². The highest BCUT2D eigenvalue weighted by atomic mass is 16.5. The fraction of sp³-hybridized carbons (Fsp3) is 0.286. The van der Waals surface area contributed by atoms with E-state index in [1.807, 2.05) is 60.8 Å². The lowest BCUT2D eigenvalue weighted by atomic mass is 9.88. The first-order valence-electron chi connectivity index (χ1n) is 11.7. The van der Waals surface area contributed by atoms with E-state index in [2.05, 4.69) is 61.1 Å². The van der Waals surface area contributed by atoms with Crippen molar-refractivity contribution in [1.82, 2.24) is 19.3 Å². The Hall–Kier alpha value is -4.00. The number of aryl methyl sites for hydroxylation is 2. The number of anilines is 1. The Balaban J connectivity index is 1.50. The Morgan fingerprint density at radius 3 is 2.51 bits per heavy atom. The van der Waals surface area contributed by atoms with Gasteiger partial charge in [-0.1, -0.05) is 26.8 Å². The second kappa shape index (κ2) is 8.65. The van der Waals surface area contributed by atoms with Gasteiger partial charge in [0.05, 0.1) is 18.6 Å². The summed E-state index contributed by atoms with van der Waals surface area (Å²) >= 11 is 0. The van der Waals surface area contributed by atoms with Crippen LogP contribution in [0.25, 0.3) is 5.65 Å². The highest BCUT2D eigenvalue weighted by molar-refractivity contribution is 5.60. The summed E-state index contributed by atoms with van der Waals surface area (Å²) in [5.41, 5.74) is 4.92. The summed E-state index contributed by atoms with van der Waals surface area (Å²) in [6.07, 6.45) is 7.85. The third-order valence-electron chi connectivity index (χ3n) is 6.21. The lowest BCUT2D eigenvalue weighted by molar-refractivity contribution is 0.445. The smallest absolute Gasteiger partial charge is 0.219 e. The molecule has 35 heavy (non-hydrogen) atoms. The van der Waals surface area contributed by atoms with Gasteiger partial charge in [0.15, 0.2) is 11.4 Å². The van der Waals surface area contributed by atoms with Crippen LogP contribution in [-0.4, -0.2) is 33.0 Å². The summed E-state index contributed by atoms with van der Waals surface area (Å²) in [6, 6.07) is 13.9. The molecule has 0 spiro atoms. The number of fused-ring (bicyclic) bond motifs is 1. The molecule has 0 amide bonds. The van der Waals surface area contributed by atoms with Crippen LogP contribution in [0.2, 0.25) is 0 Å². The molecular formula is C28H31N5O2. The monoisotopic (exact) mass is 469 g/mol. The molecule has 1 aromatic carbocycles. The van der Waals surface area contributed by atoms with E-state index in [9.17, 15) is 0 Å². The van der Waals surface area contributed by atoms with Crippen molar-refractivity contribution in [1.29, 1.82) is 0 Å². The van der Waals surface area contributed by atoms with Crippen LogP contribution in [0.4, 0.5) is 5.69 Å². The molecule has 7 heteroatoms. The third kappa shape index (κ3) is 4.67. The van der Waals surface area contributed by atoms with Crippen LogP contribution in [-0.2, 0) is 5.41 Å². The zero-order valence-electron chi connectivity index (χ0n) is 21.1. The van der Waals surface area contributed by atoms with E-state index >= 15 is 0 Å². The maximum atomic E-state index is 6.32. The molecule has 0 saturated carbocycles. The molecule has 7 nitrogen and oxygen atoms in total. The van der Waals surface area contributed by atoms with Gasteiger partial charge in [-0.05, 0) is 43.0 Å². The van der Waals surface area contributed by atoms with Crippen molar-refractivity contribution < 1.29 is 9.47 Å². The summed E-state index contributed by atoms with van der Waals surface area (Å²) in [5.74, 6) is 2.53. The molecule has 3 aromatic heterocycles. The second-order valence-corrected chi connectivity index (χ2v) is 10.0. The van der Waals surface area contributed by atoms with Crippen molar-refractivity contribution in [3.8, 4) is 23.1 Å². The first-order valence-corrected chi connectivity index (χ1v) is 11.7. The highest BCUT2D eigenvalue weighted by Crippen LogP contribution is 2.35. The van der Waals surface area contributed by atoms with E-state index in [4.69, 9.17) is 14.5 Å². The molecule has 0 N–H and O–H groups in total. The predicted molar refractivity (Wildman–Crippen MR) is 138 cm³/mol. The van der Waals surface area contributed by atoms with E-state index in [1.54, 1.807) is 6.20 Å². The molecule has 0 atom stereocenters. The van der Waals surface area contributed by atoms with E-state index in [0.29, 0.717) is 17.4 Å². The van der Waals surface area contributed by atoms with Crippen molar-refractivity contribution >= 4 is 11.3 Å². The van der Waals surface area contributed by atoms with E-state index in [-0.39, 0.29) is 5.41 Å². The highest BCUT2D eigenvalue weighted by Gasteiger charge is 2.18. The number of rotatable bonds is 5. The number of pyridine rings is 2. The molecule has 1 aliphatic heterocycles. The number of nitrogens with zero attached hydrogens (tertiary/aromatic N) is 5. The SMILES string of the molecule is Cc1nc2c(Oc3cc(C(C)(C)C)ccn3)cc(Oc3cccc(N4C=CN(C)C4)c3)cn2c1C. The Morgan fingerprint density at radius 1 is 0.943 bits per heavy atom. The fourth-order valence-corrected chi connectivity index (χ4v) is 4.05. The zero-order valence-corrected chi connectivity index (χ0v) is 21.1. The van der Waals surface area contributed by atoms with E-state index in [0.717, 1.165) is 40.7 Å². The Bertz CT molecular complexity index is 1420. The number of benzene rings is 1. The standard InChI is InChI=1S/C28H31N5O2/c1-19-20(2)33-17-24(34-23-9-7-8-22(15-23)32-13-12-31(6)18-32)16-25(27(33)30-19)35-26-14-21(10-11-29-26)28(3,4)5/h7-17H,18H2,1-6H3.